The molecule has 3 heterocycles. The summed E-state index contributed by atoms with van der Waals surface area (Å²) >= 11 is 0. The molecular weight excluding hydrogens is 462 g/mol. The fourth-order valence-corrected chi connectivity index (χ4v) is 4.24. The molecule has 8 heteroatoms. The summed E-state index contributed by atoms with van der Waals surface area (Å²) in [6.45, 7) is 1.94. The molecule has 0 unspecified atom stereocenters. The number of pyridine rings is 3. The Balaban J connectivity index is 1.60. The molecule has 1 amide bonds. The summed E-state index contributed by atoms with van der Waals surface area (Å²) in [5.74, 6) is -0.530. The number of amides is 1. The standard InChI is InChI=1S/C29H27N7O/c1-18-15-19(9-12-31-18)34-20-10-13-33-27(16-20)28-22(29(30)37)5-4-6-26(28)35-25-11-14-32-24-8-7-21(36(2)3)17-23(24)25/h4-17H,1-3H3,(H2,30,37)(H,32,35)(H,31,33,34). The summed E-state index contributed by atoms with van der Waals surface area (Å²) in [5.41, 5.74) is 13.5. The van der Waals surface area contributed by atoms with Gasteiger partial charge >= 0.3 is 0 Å². The van der Waals surface area contributed by atoms with Crippen LogP contribution in [0.2, 0.25) is 0 Å². The average Bonchev–Trinajstić information content (AvgIpc) is 2.88. The molecule has 0 saturated carbocycles. The minimum atomic E-state index is -0.530. The van der Waals surface area contributed by atoms with Crippen LogP contribution in [-0.4, -0.2) is 35.0 Å². The lowest BCUT2D eigenvalue weighted by Crippen LogP contribution is -2.13. The van der Waals surface area contributed by atoms with Crippen LogP contribution in [0.4, 0.5) is 28.4 Å². The van der Waals surface area contributed by atoms with E-state index in [1.807, 2.05) is 80.5 Å². The number of rotatable bonds is 7. The minimum absolute atomic E-state index is 0.377. The van der Waals surface area contributed by atoms with Crippen molar-refractivity contribution in [2.24, 2.45) is 5.73 Å². The van der Waals surface area contributed by atoms with Crippen molar-refractivity contribution in [1.29, 1.82) is 0 Å². The fourth-order valence-electron chi connectivity index (χ4n) is 4.24. The predicted molar refractivity (Wildman–Crippen MR) is 150 cm³/mol. The van der Waals surface area contributed by atoms with Gasteiger partial charge in [-0.15, -0.1) is 0 Å². The lowest BCUT2D eigenvalue weighted by atomic mass is 10.00. The monoisotopic (exact) mass is 489 g/mol. The van der Waals surface area contributed by atoms with Crippen molar-refractivity contribution in [3.8, 4) is 11.3 Å². The van der Waals surface area contributed by atoms with Crippen LogP contribution >= 0.6 is 0 Å². The first-order valence-electron chi connectivity index (χ1n) is 11.8. The topological polar surface area (TPSA) is 109 Å². The van der Waals surface area contributed by atoms with Crippen LogP contribution in [0.15, 0.2) is 85.3 Å². The highest BCUT2D eigenvalue weighted by Gasteiger charge is 2.17. The maximum absolute atomic E-state index is 12.5. The van der Waals surface area contributed by atoms with Crippen LogP contribution in [0, 0.1) is 6.92 Å². The van der Waals surface area contributed by atoms with Gasteiger partial charge in [-0.2, -0.15) is 0 Å². The molecule has 5 aromatic rings. The third kappa shape index (κ3) is 5.04. The number of carbonyl (C=O) groups is 1. The van der Waals surface area contributed by atoms with Crippen molar-refractivity contribution in [2.75, 3.05) is 29.6 Å². The van der Waals surface area contributed by atoms with Crippen LogP contribution in [0.25, 0.3) is 22.2 Å². The number of aromatic nitrogens is 3. The summed E-state index contributed by atoms with van der Waals surface area (Å²) < 4.78 is 0. The maximum atomic E-state index is 12.5. The maximum Gasteiger partial charge on any atom is 0.249 e. The van der Waals surface area contributed by atoms with Crippen LogP contribution in [0.5, 0.6) is 0 Å². The fraction of sp³-hybridized carbons (Fsp3) is 0.103. The van der Waals surface area contributed by atoms with E-state index in [0.717, 1.165) is 39.3 Å². The third-order valence-electron chi connectivity index (χ3n) is 6.04. The molecule has 0 aliphatic rings. The van der Waals surface area contributed by atoms with Crippen LogP contribution in [0.1, 0.15) is 16.1 Å². The van der Waals surface area contributed by atoms with Crippen molar-refractivity contribution >= 4 is 45.2 Å². The van der Waals surface area contributed by atoms with E-state index >= 15 is 0 Å². The molecule has 0 aliphatic carbocycles. The SMILES string of the molecule is Cc1cc(Nc2ccnc(-c3c(Nc4ccnc5ccc(N(C)C)cc45)cccc3C(N)=O)c2)ccn1. The molecule has 0 spiro atoms. The zero-order chi connectivity index (χ0) is 25.9. The first kappa shape index (κ1) is 23.7. The molecule has 184 valence electrons. The van der Waals surface area contributed by atoms with E-state index in [1.54, 1.807) is 24.7 Å². The van der Waals surface area contributed by atoms with E-state index in [-0.39, 0.29) is 0 Å². The summed E-state index contributed by atoms with van der Waals surface area (Å²) in [6, 6.07) is 21.1. The van der Waals surface area contributed by atoms with Gasteiger partial charge in [0.2, 0.25) is 5.91 Å². The number of carbonyl (C=O) groups excluding carboxylic acids is 1. The van der Waals surface area contributed by atoms with Gasteiger partial charge in [0.05, 0.1) is 16.8 Å². The zero-order valence-corrected chi connectivity index (χ0v) is 20.9. The molecule has 0 bridgehead atoms. The number of primary amides is 1. The number of aryl methyl sites for hydroxylation is 1. The Hall–Kier alpha value is -4.98. The van der Waals surface area contributed by atoms with Gasteiger partial charge in [-0.05, 0) is 67.6 Å². The number of nitrogens with one attached hydrogen (secondary N) is 2. The zero-order valence-electron chi connectivity index (χ0n) is 20.9. The van der Waals surface area contributed by atoms with Crippen LogP contribution in [-0.2, 0) is 0 Å². The Kier molecular flexibility index (Phi) is 6.38. The van der Waals surface area contributed by atoms with E-state index in [9.17, 15) is 4.79 Å². The smallest absolute Gasteiger partial charge is 0.249 e. The second-order valence-corrected chi connectivity index (χ2v) is 8.91. The third-order valence-corrected chi connectivity index (χ3v) is 6.04. The van der Waals surface area contributed by atoms with Gasteiger partial charge in [-0.25, -0.2) is 0 Å². The Labute approximate surface area is 215 Å². The van der Waals surface area contributed by atoms with Crippen LogP contribution < -0.4 is 21.3 Å². The molecular formula is C29H27N7O. The highest BCUT2D eigenvalue weighted by Crippen LogP contribution is 2.36. The molecule has 5 rings (SSSR count). The molecule has 3 aromatic heterocycles. The lowest BCUT2D eigenvalue weighted by Gasteiger charge is -2.18. The molecule has 0 fully saturated rings. The lowest BCUT2D eigenvalue weighted by molar-refractivity contribution is 0.100. The average molecular weight is 490 g/mol. The van der Waals surface area contributed by atoms with Crippen molar-refractivity contribution in [1.82, 2.24) is 15.0 Å². The molecule has 37 heavy (non-hydrogen) atoms. The van der Waals surface area contributed by atoms with E-state index in [2.05, 4.69) is 31.7 Å². The van der Waals surface area contributed by atoms with E-state index in [1.165, 1.54) is 0 Å². The van der Waals surface area contributed by atoms with Crippen molar-refractivity contribution in [3.05, 3.63) is 96.6 Å². The second kappa shape index (κ2) is 9.94. The highest BCUT2D eigenvalue weighted by molar-refractivity contribution is 6.04. The van der Waals surface area contributed by atoms with Crippen molar-refractivity contribution in [2.45, 2.75) is 6.92 Å². The summed E-state index contributed by atoms with van der Waals surface area (Å²) in [5, 5.41) is 7.86. The normalized spacial score (nSPS) is 10.8. The van der Waals surface area contributed by atoms with Crippen molar-refractivity contribution < 1.29 is 4.79 Å². The van der Waals surface area contributed by atoms with Gasteiger partial charge in [0.25, 0.3) is 0 Å². The second-order valence-electron chi connectivity index (χ2n) is 8.91. The summed E-state index contributed by atoms with van der Waals surface area (Å²) in [4.78, 5) is 27.9. The Morgan fingerprint density at radius 2 is 1.57 bits per heavy atom. The molecule has 0 atom stereocenters. The molecule has 0 radical (unpaired) electrons. The predicted octanol–water partition coefficient (Wildman–Crippen LogP) is 5.65. The van der Waals surface area contributed by atoms with Gasteiger partial charge in [-0.1, -0.05) is 6.07 Å². The summed E-state index contributed by atoms with van der Waals surface area (Å²) in [6.07, 6.45) is 5.22. The highest BCUT2D eigenvalue weighted by atomic mass is 16.1. The number of hydrogen-bond acceptors (Lipinski definition) is 7. The minimum Gasteiger partial charge on any atom is -0.378 e. The summed E-state index contributed by atoms with van der Waals surface area (Å²) in [7, 11) is 4.00. The number of benzene rings is 2. The molecule has 2 aromatic carbocycles. The van der Waals surface area contributed by atoms with Gasteiger partial charge in [0.1, 0.15) is 0 Å². The largest absolute Gasteiger partial charge is 0.378 e. The Bertz CT molecular complexity index is 1610. The molecule has 8 nitrogen and oxygen atoms in total. The van der Waals surface area contributed by atoms with E-state index in [4.69, 9.17) is 5.73 Å². The quantitative estimate of drug-likeness (QED) is 0.271. The number of fused-ring (bicyclic) bond motifs is 1. The van der Waals surface area contributed by atoms with Crippen molar-refractivity contribution in [3.63, 3.8) is 0 Å². The van der Waals surface area contributed by atoms with Gasteiger partial charge < -0.3 is 21.3 Å². The van der Waals surface area contributed by atoms with Gasteiger partial charge in [0.15, 0.2) is 0 Å². The molecule has 4 N–H and O–H groups in total. The van der Waals surface area contributed by atoms with E-state index < -0.39 is 5.91 Å². The van der Waals surface area contributed by atoms with Gasteiger partial charge in [0, 0.05) is 77.8 Å². The Morgan fingerprint density at radius 1 is 0.811 bits per heavy atom. The number of hydrogen-bond donors (Lipinski definition) is 3. The van der Waals surface area contributed by atoms with E-state index in [0.29, 0.717) is 22.5 Å². The Morgan fingerprint density at radius 3 is 2.32 bits per heavy atom. The first-order valence-corrected chi connectivity index (χ1v) is 11.8. The number of anilines is 5. The van der Waals surface area contributed by atoms with Gasteiger partial charge in [-0.3, -0.25) is 19.7 Å². The molecule has 0 aliphatic heterocycles. The first-order chi connectivity index (χ1) is 17.9. The van der Waals surface area contributed by atoms with Crippen LogP contribution in [0.3, 0.4) is 0 Å². The number of nitrogens with zero attached hydrogens (tertiary/aromatic N) is 4. The molecule has 0 saturated heterocycles. The number of nitrogens with two attached hydrogens (primary N) is 1.